The van der Waals surface area contributed by atoms with Gasteiger partial charge in [0, 0.05) is 44.6 Å². The summed E-state index contributed by atoms with van der Waals surface area (Å²) in [5, 5.41) is 15.5. The Kier molecular flexibility index (Phi) is 6.67. The molecule has 0 radical (unpaired) electrons. The lowest BCUT2D eigenvalue weighted by molar-refractivity contribution is -0.135. The summed E-state index contributed by atoms with van der Waals surface area (Å²) in [6.45, 7) is 6.03. The fourth-order valence-electron chi connectivity index (χ4n) is 4.83. The van der Waals surface area contributed by atoms with Gasteiger partial charge in [-0.25, -0.2) is 4.99 Å². The maximum Gasteiger partial charge on any atom is 0.225 e. The molecule has 1 aliphatic carbocycles. The quantitative estimate of drug-likeness (QED) is 0.581. The Balaban J connectivity index is 1.33. The molecule has 1 saturated carbocycles. The van der Waals surface area contributed by atoms with Crippen molar-refractivity contribution in [1.29, 1.82) is 0 Å². The van der Waals surface area contributed by atoms with Gasteiger partial charge in [0.1, 0.15) is 12.4 Å². The number of hydrogen-bond acceptors (Lipinski definition) is 4. The van der Waals surface area contributed by atoms with Gasteiger partial charge in [-0.2, -0.15) is 0 Å². The van der Waals surface area contributed by atoms with E-state index in [1.807, 2.05) is 0 Å². The predicted molar refractivity (Wildman–Crippen MR) is 112 cm³/mol. The number of nitrogens with zero attached hydrogens (tertiary/aromatic N) is 5. The van der Waals surface area contributed by atoms with Crippen LogP contribution in [-0.4, -0.2) is 57.2 Å². The van der Waals surface area contributed by atoms with Crippen molar-refractivity contribution in [3.05, 3.63) is 11.6 Å². The molecule has 8 nitrogen and oxygen atoms in total. The van der Waals surface area contributed by atoms with E-state index in [-0.39, 0.29) is 12.0 Å². The SMILES string of the molecule is CCNC(=NCc1nnc2n1CCCC2)NC1CCN(C(=O)C2CCCCC2)C1. The Labute approximate surface area is 173 Å². The number of rotatable bonds is 5. The normalized spacial score (nSPS) is 23.1. The van der Waals surface area contributed by atoms with E-state index in [4.69, 9.17) is 4.99 Å². The molecule has 1 atom stereocenters. The second kappa shape index (κ2) is 9.59. The third kappa shape index (κ3) is 4.90. The van der Waals surface area contributed by atoms with Crippen molar-refractivity contribution in [2.45, 2.75) is 83.8 Å². The molecule has 3 aliphatic rings. The fraction of sp³-hybridized carbons (Fsp3) is 0.810. The molecule has 29 heavy (non-hydrogen) atoms. The zero-order valence-electron chi connectivity index (χ0n) is 17.7. The van der Waals surface area contributed by atoms with E-state index in [1.165, 1.54) is 32.1 Å². The predicted octanol–water partition coefficient (Wildman–Crippen LogP) is 1.85. The van der Waals surface area contributed by atoms with Crippen molar-refractivity contribution in [3.8, 4) is 0 Å². The first kappa shape index (κ1) is 20.2. The lowest BCUT2D eigenvalue weighted by Gasteiger charge is -2.26. The molecule has 0 aromatic carbocycles. The monoisotopic (exact) mass is 401 g/mol. The fourth-order valence-corrected chi connectivity index (χ4v) is 4.83. The Bertz CT molecular complexity index is 723. The van der Waals surface area contributed by atoms with Gasteiger partial charge in [0.15, 0.2) is 11.8 Å². The molecular formula is C21H35N7O. The molecule has 0 spiro atoms. The number of aromatic nitrogens is 3. The van der Waals surface area contributed by atoms with Gasteiger partial charge in [0.25, 0.3) is 0 Å². The number of guanidine groups is 1. The molecule has 2 N–H and O–H groups in total. The van der Waals surface area contributed by atoms with Crippen LogP contribution in [0.4, 0.5) is 0 Å². The van der Waals surface area contributed by atoms with Gasteiger partial charge in [-0.05, 0) is 39.0 Å². The standard InChI is InChI=1S/C21H35N7O/c1-2-22-21(23-14-19-26-25-18-10-6-7-12-28(18)19)24-17-11-13-27(15-17)20(29)16-8-4-3-5-9-16/h16-17H,2-15H2,1H3,(H2,22,23,24). The van der Waals surface area contributed by atoms with E-state index in [0.717, 1.165) is 69.5 Å². The third-order valence-electron chi connectivity index (χ3n) is 6.45. The van der Waals surface area contributed by atoms with Crippen molar-refractivity contribution in [1.82, 2.24) is 30.3 Å². The molecule has 1 aromatic rings. The van der Waals surface area contributed by atoms with Crippen LogP contribution >= 0.6 is 0 Å². The summed E-state index contributed by atoms with van der Waals surface area (Å²) in [4.78, 5) is 19.6. The van der Waals surface area contributed by atoms with Crippen LogP contribution in [0.1, 0.15) is 69.9 Å². The Hall–Kier alpha value is -2.12. The maximum absolute atomic E-state index is 12.8. The molecule has 1 saturated heterocycles. The lowest BCUT2D eigenvalue weighted by atomic mass is 9.88. The molecule has 1 aromatic heterocycles. The van der Waals surface area contributed by atoms with Crippen molar-refractivity contribution in [2.24, 2.45) is 10.9 Å². The molecule has 3 heterocycles. The van der Waals surface area contributed by atoms with Crippen LogP contribution in [0.25, 0.3) is 0 Å². The van der Waals surface area contributed by atoms with E-state index in [1.54, 1.807) is 0 Å². The largest absolute Gasteiger partial charge is 0.357 e. The minimum Gasteiger partial charge on any atom is -0.357 e. The second-order valence-electron chi connectivity index (χ2n) is 8.59. The van der Waals surface area contributed by atoms with Crippen LogP contribution in [-0.2, 0) is 24.3 Å². The maximum atomic E-state index is 12.8. The van der Waals surface area contributed by atoms with Crippen molar-refractivity contribution >= 4 is 11.9 Å². The summed E-state index contributed by atoms with van der Waals surface area (Å²) in [7, 11) is 0. The van der Waals surface area contributed by atoms with Gasteiger partial charge in [-0.1, -0.05) is 19.3 Å². The van der Waals surface area contributed by atoms with Crippen molar-refractivity contribution < 1.29 is 4.79 Å². The number of aryl methyl sites for hydroxylation is 1. The number of fused-ring (bicyclic) bond motifs is 1. The third-order valence-corrected chi connectivity index (χ3v) is 6.45. The molecular weight excluding hydrogens is 366 g/mol. The molecule has 4 rings (SSSR count). The molecule has 2 fully saturated rings. The number of carbonyl (C=O) groups excluding carboxylic acids is 1. The molecule has 8 heteroatoms. The topological polar surface area (TPSA) is 87.4 Å². The van der Waals surface area contributed by atoms with Gasteiger partial charge in [0.05, 0.1) is 0 Å². The van der Waals surface area contributed by atoms with Gasteiger partial charge in [-0.3, -0.25) is 4.79 Å². The molecule has 1 unspecified atom stereocenters. The summed E-state index contributed by atoms with van der Waals surface area (Å²) < 4.78 is 2.22. The van der Waals surface area contributed by atoms with E-state index in [2.05, 4.69) is 37.2 Å². The summed E-state index contributed by atoms with van der Waals surface area (Å²) in [5.74, 6) is 3.46. The Morgan fingerprint density at radius 2 is 1.97 bits per heavy atom. The minimum absolute atomic E-state index is 0.253. The van der Waals surface area contributed by atoms with Crippen LogP contribution < -0.4 is 10.6 Å². The van der Waals surface area contributed by atoms with E-state index < -0.39 is 0 Å². The molecule has 2 aliphatic heterocycles. The zero-order valence-corrected chi connectivity index (χ0v) is 17.7. The first-order valence-corrected chi connectivity index (χ1v) is 11.5. The average Bonchev–Trinajstić information content (AvgIpc) is 3.39. The number of likely N-dealkylation sites (tertiary alicyclic amines) is 1. The van der Waals surface area contributed by atoms with Crippen LogP contribution in [0.2, 0.25) is 0 Å². The van der Waals surface area contributed by atoms with Crippen molar-refractivity contribution in [3.63, 3.8) is 0 Å². The number of carbonyl (C=O) groups is 1. The molecule has 160 valence electrons. The van der Waals surface area contributed by atoms with Crippen LogP contribution in [0.5, 0.6) is 0 Å². The highest BCUT2D eigenvalue weighted by atomic mass is 16.2. The smallest absolute Gasteiger partial charge is 0.225 e. The molecule has 1 amide bonds. The first-order valence-electron chi connectivity index (χ1n) is 11.5. The van der Waals surface area contributed by atoms with Crippen LogP contribution in [0.15, 0.2) is 4.99 Å². The number of hydrogen-bond donors (Lipinski definition) is 2. The highest BCUT2D eigenvalue weighted by Gasteiger charge is 2.31. The number of nitrogens with one attached hydrogen (secondary N) is 2. The summed E-state index contributed by atoms with van der Waals surface area (Å²) in [5.41, 5.74) is 0. The highest BCUT2D eigenvalue weighted by molar-refractivity contribution is 5.81. The Morgan fingerprint density at radius 3 is 2.79 bits per heavy atom. The van der Waals surface area contributed by atoms with E-state index in [0.29, 0.717) is 12.5 Å². The lowest BCUT2D eigenvalue weighted by Crippen LogP contribution is -2.45. The van der Waals surface area contributed by atoms with E-state index in [9.17, 15) is 4.79 Å². The zero-order chi connectivity index (χ0) is 20.1. The number of aliphatic imine (C=N–C) groups is 1. The molecule has 0 bridgehead atoms. The minimum atomic E-state index is 0.253. The summed E-state index contributed by atoms with van der Waals surface area (Å²) in [6, 6.07) is 0.257. The first-order chi connectivity index (χ1) is 14.2. The van der Waals surface area contributed by atoms with Gasteiger partial charge < -0.3 is 20.1 Å². The average molecular weight is 402 g/mol. The van der Waals surface area contributed by atoms with Gasteiger partial charge in [0.2, 0.25) is 5.91 Å². The summed E-state index contributed by atoms with van der Waals surface area (Å²) in [6.07, 6.45) is 10.2. The van der Waals surface area contributed by atoms with Gasteiger partial charge in [-0.15, -0.1) is 10.2 Å². The summed E-state index contributed by atoms with van der Waals surface area (Å²) >= 11 is 0. The van der Waals surface area contributed by atoms with Crippen molar-refractivity contribution in [2.75, 3.05) is 19.6 Å². The number of amides is 1. The second-order valence-corrected chi connectivity index (χ2v) is 8.59. The van der Waals surface area contributed by atoms with Crippen LogP contribution in [0.3, 0.4) is 0 Å². The van der Waals surface area contributed by atoms with Gasteiger partial charge >= 0.3 is 0 Å². The highest BCUT2D eigenvalue weighted by Crippen LogP contribution is 2.26. The van der Waals surface area contributed by atoms with Crippen LogP contribution in [0, 0.1) is 5.92 Å². The Morgan fingerprint density at radius 1 is 1.10 bits per heavy atom. The van der Waals surface area contributed by atoms with E-state index >= 15 is 0 Å².